The van der Waals surface area contributed by atoms with E-state index in [9.17, 15) is 20.0 Å². The Hall–Kier alpha value is -2.35. The number of carbonyl (C=O) groups is 1. The Morgan fingerprint density at radius 1 is 1.22 bits per heavy atom. The van der Waals surface area contributed by atoms with E-state index in [4.69, 9.17) is 23.2 Å². The van der Waals surface area contributed by atoms with Crippen molar-refractivity contribution in [2.75, 3.05) is 18.4 Å². The van der Waals surface area contributed by atoms with Crippen LogP contribution in [0.4, 0.5) is 11.4 Å². The monoisotopic (exact) mass is 411 g/mol. The van der Waals surface area contributed by atoms with Crippen LogP contribution in [0.25, 0.3) is 0 Å². The number of carbonyl (C=O) groups excluding carboxylic acids is 1. The number of rotatable bonds is 7. The van der Waals surface area contributed by atoms with Crippen LogP contribution in [0.15, 0.2) is 30.3 Å². The summed E-state index contributed by atoms with van der Waals surface area (Å²) in [5, 5.41) is 24.2. The van der Waals surface area contributed by atoms with Gasteiger partial charge >= 0.3 is 0 Å². The van der Waals surface area contributed by atoms with E-state index >= 15 is 0 Å². The lowest BCUT2D eigenvalue weighted by molar-refractivity contribution is -0.384. The number of halogens is 2. The third kappa shape index (κ3) is 5.09. The summed E-state index contributed by atoms with van der Waals surface area (Å²) in [6.45, 7) is 5.99. The molecule has 0 atom stereocenters. The summed E-state index contributed by atoms with van der Waals surface area (Å²) < 4.78 is 0. The molecule has 2 aromatic carbocycles. The number of nitro groups is 1. The first-order valence-electron chi connectivity index (χ1n) is 8.25. The minimum absolute atomic E-state index is 0.000856. The second-order valence-electron chi connectivity index (χ2n) is 5.80. The summed E-state index contributed by atoms with van der Waals surface area (Å²) in [6, 6.07) is 6.67. The lowest BCUT2D eigenvalue weighted by Gasteiger charge is -2.20. The van der Waals surface area contributed by atoms with Gasteiger partial charge in [0.2, 0.25) is 0 Å². The first kappa shape index (κ1) is 21.0. The molecule has 2 rings (SSSR count). The number of hydrogen-bond acceptors (Lipinski definition) is 5. The third-order valence-corrected chi connectivity index (χ3v) is 4.63. The summed E-state index contributed by atoms with van der Waals surface area (Å²) in [6.07, 6.45) is 0. The maximum absolute atomic E-state index is 12.6. The van der Waals surface area contributed by atoms with Gasteiger partial charge in [-0.05, 0) is 31.3 Å². The summed E-state index contributed by atoms with van der Waals surface area (Å²) in [5.41, 5.74) is 0.535. The highest BCUT2D eigenvalue weighted by atomic mass is 35.5. The fraction of sp³-hybridized carbons (Fsp3) is 0.278. The number of nitro benzene ring substituents is 1. The van der Waals surface area contributed by atoms with E-state index < -0.39 is 10.8 Å². The molecule has 0 unspecified atom stereocenters. The second kappa shape index (κ2) is 9.03. The molecule has 0 saturated heterocycles. The molecule has 0 fully saturated rings. The van der Waals surface area contributed by atoms with E-state index in [1.54, 1.807) is 6.07 Å². The quantitative estimate of drug-likeness (QED) is 0.508. The van der Waals surface area contributed by atoms with E-state index in [0.29, 0.717) is 17.1 Å². The highest BCUT2D eigenvalue weighted by Gasteiger charge is 2.19. The molecular weight excluding hydrogens is 393 g/mol. The predicted octanol–water partition coefficient (Wildman–Crippen LogP) is 4.70. The van der Waals surface area contributed by atoms with Gasteiger partial charge < -0.3 is 10.4 Å². The maximum Gasteiger partial charge on any atom is 0.271 e. The summed E-state index contributed by atoms with van der Waals surface area (Å²) >= 11 is 12.1. The molecule has 0 aliphatic carbocycles. The van der Waals surface area contributed by atoms with E-state index in [1.807, 2.05) is 13.8 Å². The van der Waals surface area contributed by atoms with E-state index in [0.717, 1.165) is 19.2 Å². The van der Waals surface area contributed by atoms with Gasteiger partial charge in [0, 0.05) is 29.3 Å². The van der Waals surface area contributed by atoms with Gasteiger partial charge in [0.05, 0.1) is 21.2 Å². The van der Waals surface area contributed by atoms with Gasteiger partial charge in [0.1, 0.15) is 5.75 Å². The number of hydrogen-bond donors (Lipinski definition) is 2. The lowest BCUT2D eigenvalue weighted by Crippen LogP contribution is -2.22. The SMILES string of the molecule is CCN(CC)Cc1cc(Cl)cc(C(=O)Nc2ccc([N+](=O)[O-])cc2Cl)c1O. The molecule has 144 valence electrons. The number of anilines is 1. The molecule has 2 aromatic rings. The van der Waals surface area contributed by atoms with Gasteiger partial charge in [0.15, 0.2) is 0 Å². The smallest absolute Gasteiger partial charge is 0.271 e. The second-order valence-corrected chi connectivity index (χ2v) is 6.64. The van der Waals surface area contributed by atoms with Crippen LogP contribution in [-0.2, 0) is 6.54 Å². The molecule has 27 heavy (non-hydrogen) atoms. The number of aromatic hydroxyl groups is 1. The van der Waals surface area contributed by atoms with Gasteiger partial charge in [0.25, 0.3) is 11.6 Å². The molecule has 0 aliphatic heterocycles. The Labute approximate surface area is 166 Å². The van der Waals surface area contributed by atoms with Crippen molar-refractivity contribution in [2.24, 2.45) is 0 Å². The Balaban J connectivity index is 2.31. The summed E-state index contributed by atoms with van der Waals surface area (Å²) in [4.78, 5) is 24.9. The maximum atomic E-state index is 12.6. The third-order valence-electron chi connectivity index (χ3n) is 4.10. The number of benzene rings is 2. The van der Waals surface area contributed by atoms with Gasteiger partial charge in [-0.1, -0.05) is 37.0 Å². The topological polar surface area (TPSA) is 95.7 Å². The number of amides is 1. The average molecular weight is 412 g/mol. The Morgan fingerprint density at radius 3 is 2.44 bits per heavy atom. The molecule has 1 amide bonds. The number of nitrogens with zero attached hydrogens (tertiary/aromatic N) is 2. The average Bonchev–Trinajstić information content (AvgIpc) is 2.63. The predicted molar refractivity (Wildman–Crippen MR) is 106 cm³/mol. The largest absolute Gasteiger partial charge is 0.507 e. The Morgan fingerprint density at radius 2 is 1.89 bits per heavy atom. The fourth-order valence-electron chi connectivity index (χ4n) is 2.55. The van der Waals surface area contributed by atoms with Crippen molar-refractivity contribution in [3.05, 3.63) is 61.6 Å². The van der Waals surface area contributed by atoms with Crippen molar-refractivity contribution in [1.29, 1.82) is 0 Å². The highest BCUT2D eigenvalue weighted by Crippen LogP contribution is 2.31. The Kier molecular flexibility index (Phi) is 7.01. The molecule has 0 saturated carbocycles. The first-order valence-corrected chi connectivity index (χ1v) is 9.01. The molecular formula is C18H19Cl2N3O4. The van der Waals surface area contributed by atoms with Gasteiger partial charge in [-0.15, -0.1) is 0 Å². The molecule has 7 nitrogen and oxygen atoms in total. The standard InChI is InChI=1S/C18H19Cl2N3O4/c1-3-22(4-2)10-11-7-12(19)8-14(17(11)24)18(25)21-16-6-5-13(23(26)27)9-15(16)20/h5-9,24H,3-4,10H2,1-2H3,(H,21,25). The van der Waals surface area contributed by atoms with Crippen molar-refractivity contribution in [3.8, 4) is 5.75 Å². The van der Waals surface area contributed by atoms with Gasteiger partial charge in [-0.3, -0.25) is 19.8 Å². The molecule has 0 aliphatic rings. The van der Waals surface area contributed by atoms with Crippen LogP contribution in [0.3, 0.4) is 0 Å². The van der Waals surface area contributed by atoms with Crippen molar-refractivity contribution in [3.63, 3.8) is 0 Å². The highest BCUT2D eigenvalue weighted by molar-refractivity contribution is 6.34. The fourth-order valence-corrected chi connectivity index (χ4v) is 3.01. The van der Waals surface area contributed by atoms with Gasteiger partial charge in [-0.2, -0.15) is 0 Å². The number of nitrogens with one attached hydrogen (secondary N) is 1. The van der Waals surface area contributed by atoms with Crippen molar-refractivity contribution in [1.82, 2.24) is 4.90 Å². The molecule has 0 heterocycles. The first-order chi connectivity index (χ1) is 12.8. The molecule has 0 radical (unpaired) electrons. The van der Waals surface area contributed by atoms with Crippen LogP contribution in [0.1, 0.15) is 29.8 Å². The van der Waals surface area contributed by atoms with Crippen LogP contribution in [0, 0.1) is 10.1 Å². The van der Waals surface area contributed by atoms with Crippen LogP contribution < -0.4 is 5.32 Å². The molecule has 0 spiro atoms. The van der Waals surface area contributed by atoms with E-state index in [1.165, 1.54) is 18.2 Å². The lowest BCUT2D eigenvalue weighted by atomic mass is 10.1. The molecule has 0 bridgehead atoms. The van der Waals surface area contributed by atoms with Crippen molar-refractivity contribution >= 4 is 40.5 Å². The normalized spacial score (nSPS) is 10.9. The summed E-state index contributed by atoms with van der Waals surface area (Å²) in [7, 11) is 0. The van der Waals surface area contributed by atoms with Gasteiger partial charge in [-0.25, -0.2) is 0 Å². The minimum atomic E-state index is -0.619. The molecule has 9 heteroatoms. The van der Waals surface area contributed by atoms with Crippen molar-refractivity contribution < 1.29 is 14.8 Å². The molecule has 2 N–H and O–H groups in total. The number of non-ortho nitro benzene ring substituents is 1. The minimum Gasteiger partial charge on any atom is -0.507 e. The van der Waals surface area contributed by atoms with Crippen LogP contribution in [-0.4, -0.2) is 33.9 Å². The van der Waals surface area contributed by atoms with E-state index in [-0.39, 0.29) is 27.7 Å². The zero-order chi connectivity index (χ0) is 20.1. The number of phenolic OH excluding ortho intramolecular Hbond substituents is 1. The van der Waals surface area contributed by atoms with Crippen LogP contribution >= 0.6 is 23.2 Å². The van der Waals surface area contributed by atoms with Crippen molar-refractivity contribution in [2.45, 2.75) is 20.4 Å². The zero-order valence-electron chi connectivity index (χ0n) is 14.8. The van der Waals surface area contributed by atoms with E-state index in [2.05, 4.69) is 10.2 Å². The molecule has 0 aromatic heterocycles. The Bertz CT molecular complexity index is 870. The zero-order valence-corrected chi connectivity index (χ0v) is 16.3. The number of phenols is 1. The summed E-state index contributed by atoms with van der Waals surface area (Å²) in [5.74, 6) is -0.784. The van der Waals surface area contributed by atoms with Crippen LogP contribution in [0.2, 0.25) is 10.0 Å². The van der Waals surface area contributed by atoms with Crippen LogP contribution in [0.5, 0.6) is 5.75 Å².